The van der Waals surface area contributed by atoms with E-state index < -0.39 is 0 Å². The van der Waals surface area contributed by atoms with Gasteiger partial charge in [-0.05, 0) is 35.6 Å². The molecular weight excluding hydrogens is 201 g/mol. The number of aromatic nitrogens is 1. The largest absolute Gasteiger partial charge is 0.244 e. The SMILES string of the molecule is CCc1cnc(Cl)c2ccc(F)cc12. The Morgan fingerprint density at radius 1 is 1.36 bits per heavy atom. The number of hydrogen-bond acceptors (Lipinski definition) is 1. The number of halogens is 2. The summed E-state index contributed by atoms with van der Waals surface area (Å²) in [4.78, 5) is 4.05. The number of benzene rings is 1. The lowest BCUT2D eigenvalue weighted by atomic mass is 10.1. The maximum Gasteiger partial charge on any atom is 0.136 e. The second-order valence-electron chi connectivity index (χ2n) is 3.12. The van der Waals surface area contributed by atoms with Crippen LogP contribution in [0.25, 0.3) is 10.8 Å². The Balaban J connectivity index is 2.85. The van der Waals surface area contributed by atoms with Gasteiger partial charge in [0.05, 0.1) is 0 Å². The van der Waals surface area contributed by atoms with E-state index in [-0.39, 0.29) is 5.82 Å². The van der Waals surface area contributed by atoms with Gasteiger partial charge in [0.15, 0.2) is 0 Å². The smallest absolute Gasteiger partial charge is 0.136 e. The molecule has 0 fully saturated rings. The van der Waals surface area contributed by atoms with Crippen molar-refractivity contribution in [2.24, 2.45) is 0 Å². The summed E-state index contributed by atoms with van der Waals surface area (Å²) in [5.74, 6) is -0.241. The molecule has 1 aromatic heterocycles. The highest BCUT2D eigenvalue weighted by Crippen LogP contribution is 2.25. The average molecular weight is 210 g/mol. The molecule has 0 saturated carbocycles. The fourth-order valence-electron chi connectivity index (χ4n) is 1.52. The van der Waals surface area contributed by atoms with E-state index in [1.807, 2.05) is 6.92 Å². The van der Waals surface area contributed by atoms with Crippen LogP contribution in [0.1, 0.15) is 12.5 Å². The molecule has 72 valence electrons. The Morgan fingerprint density at radius 2 is 2.14 bits per heavy atom. The first kappa shape index (κ1) is 9.41. The Kier molecular flexibility index (Phi) is 2.38. The molecule has 2 aromatic rings. The third-order valence-corrected chi connectivity index (χ3v) is 2.57. The van der Waals surface area contributed by atoms with E-state index in [1.54, 1.807) is 12.3 Å². The summed E-state index contributed by atoms with van der Waals surface area (Å²) in [5, 5.41) is 2.09. The number of aryl methyl sites for hydroxylation is 1. The molecule has 1 aromatic carbocycles. The molecule has 1 heterocycles. The predicted octanol–water partition coefficient (Wildman–Crippen LogP) is 3.59. The van der Waals surface area contributed by atoms with Crippen molar-refractivity contribution in [2.45, 2.75) is 13.3 Å². The predicted molar refractivity (Wildman–Crippen MR) is 56.1 cm³/mol. The van der Waals surface area contributed by atoms with Gasteiger partial charge in [0.2, 0.25) is 0 Å². The van der Waals surface area contributed by atoms with Gasteiger partial charge in [-0.15, -0.1) is 0 Å². The molecule has 1 nitrogen and oxygen atoms in total. The molecule has 2 rings (SSSR count). The topological polar surface area (TPSA) is 12.9 Å². The van der Waals surface area contributed by atoms with Crippen molar-refractivity contribution in [1.29, 1.82) is 0 Å². The van der Waals surface area contributed by atoms with Crippen molar-refractivity contribution >= 4 is 22.4 Å². The molecule has 0 atom stereocenters. The van der Waals surface area contributed by atoms with Crippen molar-refractivity contribution in [3.8, 4) is 0 Å². The highest BCUT2D eigenvalue weighted by atomic mass is 35.5. The fraction of sp³-hybridized carbons (Fsp3) is 0.182. The Bertz CT molecular complexity index is 482. The molecule has 0 aliphatic rings. The summed E-state index contributed by atoms with van der Waals surface area (Å²) in [6.45, 7) is 2.01. The number of rotatable bonds is 1. The van der Waals surface area contributed by atoms with Crippen LogP contribution in [-0.2, 0) is 6.42 Å². The van der Waals surface area contributed by atoms with Crippen LogP contribution in [0.2, 0.25) is 5.15 Å². The Morgan fingerprint density at radius 3 is 2.86 bits per heavy atom. The molecular formula is C11H9ClFN. The van der Waals surface area contributed by atoms with Gasteiger partial charge in [-0.3, -0.25) is 0 Å². The van der Waals surface area contributed by atoms with E-state index in [9.17, 15) is 4.39 Å². The van der Waals surface area contributed by atoms with Gasteiger partial charge in [0, 0.05) is 11.6 Å². The molecule has 0 saturated heterocycles. The van der Waals surface area contributed by atoms with E-state index in [2.05, 4.69) is 4.98 Å². The van der Waals surface area contributed by atoms with Gasteiger partial charge in [-0.1, -0.05) is 18.5 Å². The van der Waals surface area contributed by atoms with E-state index >= 15 is 0 Å². The van der Waals surface area contributed by atoms with Gasteiger partial charge in [0.1, 0.15) is 11.0 Å². The standard InChI is InChI=1S/C11H9ClFN/c1-2-7-6-14-11(12)9-4-3-8(13)5-10(7)9/h3-6H,2H2,1H3. The minimum atomic E-state index is -0.241. The quantitative estimate of drug-likeness (QED) is 0.654. The van der Waals surface area contributed by atoms with E-state index in [0.717, 1.165) is 22.8 Å². The molecule has 0 amide bonds. The van der Waals surface area contributed by atoms with Crippen LogP contribution in [0.15, 0.2) is 24.4 Å². The summed E-state index contributed by atoms with van der Waals surface area (Å²) >= 11 is 5.90. The van der Waals surface area contributed by atoms with Gasteiger partial charge >= 0.3 is 0 Å². The van der Waals surface area contributed by atoms with Crippen LogP contribution in [0, 0.1) is 5.82 Å². The zero-order valence-corrected chi connectivity index (χ0v) is 8.48. The van der Waals surface area contributed by atoms with E-state index in [0.29, 0.717) is 5.15 Å². The van der Waals surface area contributed by atoms with E-state index in [4.69, 9.17) is 11.6 Å². The van der Waals surface area contributed by atoms with Crippen molar-refractivity contribution in [1.82, 2.24) is 4.98 Å². The van der Waals surface area contributed by atoms with Crippen LogP contribution in [0.3, 0.4) is 0 Å². The van der Waals surface area contributed by atoms with Crippen molar-refractivity contribution in [3.63, 3.8) is 0 Å². The Hall–Kier alpha value is -1.15. The third-order valence-electron chi connectivity index (χ3n) is 2.26. The van der Waals surface area contributed by atoms with Crippen LogP contribution in [0.5, 0.6) is 0 Å². The molecule has 0 aliphatic heterocycles. The lowest BCUT2D eigenvalue weighted by Crippen LogP contribution is -1.88. The summed E-state index contributed by atoms with van der Waals surface area (Å²) < 4.78 is 13.0. The second kappa shape index (κ2) is 3.54. The van der Waals surface area contributed by atoms with Crippen LogP contribution >= 0.6 is 11.6 Å². The van der Waals surface area contributed by atoms with E-state index in [1.165, 1.54) is 12.1 Å². The monoisotopic (exact) mass is 209 g/mol. The van der Waals surface area contributed by atoms with Crippen LogP contribution in [0.4, 0.5) is 4.39 Å². The first-order valence-corrected chi connectivity index (χ1v) is 4.83. The first-order chi connectivity index (χ1) is 6.72. The molecule has 14 heavy (non-hydrogen) atoms. The fourth-order valence-corrected chi connectivity index (χ4v) is 1.73. The number of pyridine rings is 1. The van der Waals surface area contributed by atoms with Crippen LogP contribution < -0.4 is 0 Å². The molecule has 0 unspecified atom stereocenters. The van der Waals surface area contributed by atoms with Crippen LogP contribution in [-0.4, -0.2) is 4.98 Å². The first-order valence-electron chi connectivity index (χ1n) is 4.45. The van der Waals surface area contributed by atoms with Crippen molar-refractivity contribution in [3.05, 3.63) is 40.9 Å². The molecule has 0 aliphatic carbocycles. The summed E-state index contributed by atoms with van der Waals surface area (Å²) in [6.07, 6.45) is 2.52. The second-order valence-corrected chi connectivity index (χ2v) is 3.48. The normalized spacial score (nSPS) is 10.8. The van der Waals surface area contributed by atoms with Gasteiger partial charge < -0.3 is 0 Å². The lowest BCUT2D eigenvalue weighted by molar-refractivity contribution is 0.629. The number of hydrogen-bond donors (Lipinski definition) is 0. The summed E-state index contributed by atoms with van der Waals surface area (Å²) in [7, 11) is 0. The van der Waals surface area contributed by atoms with Gasteiger partial charge in [-0.25, -0.2) is 9.37 Å². The molecule has 0 radical (unpaired) electrons. The molecule has 3 heteroatoms. The summed E-state index contributed by atoms with van der Waals surface area (Å²) in [6, 6.07) is 4.57. The maximum atomic E-state index is 13.0. The third kappa shape index (κ3) is 1.46. The highest BCUT2D eigenvalue weighted by Gasteiger charge is 2.05. The zero-order chi connectivity index (χ0) is 10.1. The molecule has 0 N–H and O–H groups in total. The van der Waals surface area contributed by atoms with Crippen molar-refractivity contribution < 1.29 is 4.39 Å². The van der Waals surface area contributed by atoms with Crippen molar-refractivity contribution in [2.75, 3.05) is 0 Å². The lowest BCUT2D eigenvalue weighted by Gasteiger charge is -2.04. The molecule has 0 bridgehead atoms. The summed E-state index contributed by atoms with van der Waals surface area (Å²) in [5.41, 5.74) is 1.02. The zero-order valence-electron chi connectivity index (χ0n) is 7.72. The molecule has 0 spiro atoms. The minimum Gasteiger partial charge on any atom is -0.244 e. The van der Waals surface area contributed by atoms with Gasteiger partial charge in [0.25, 0.3) is 0 Å². The Labute approximate surface area is 86.5 Å². The maximum absolute atomic E-state index is 13.0. The number of nitrogens with zero attached hydrogens (tertiary/aromatic N) is 1. The van der Waals surface area contributed by atoms with Gasteiger partial charge in [-0.2, -0.15) is 0 Å². The average Bonchev–Trinajstić information content (AvgIpc) is 2.18. The number of fused-ring (bicyclic) bond motifs is 1. The highest BCUT2D eigenvalue weighted by molar-refractivity contribution is 6.34. The minimum absolute atomic E-state index is 0.241.